The van der Waals surface area contributed by atoms with Crippen LogP contribution in [0.5, 0.6) is 0 Å². The lowest BCUT2D eigenvalue weighted by atomic mass is 10.2. The van der Waals surface area contributed by atoms with Gasteiger partial charge in [-0.15, -0.1) is 0 Å². The maximum atomic E-state index is 5.89. The minimum Gasteiger partial charge on any atom is -0.392 e. The molecule has 2 heterocycles. The summed E-state index contributed by atoms with van der Waals surface area (Å²) in [6.45, 7) is 0.492. The first-order valence-corrected chi connectivity index (χ1v) is 6.65. The van der Waals surface area contributed by atoms with E-state index in [1.54, 1.807) is 0 Å². The van der Waals surface area contributed by atoms with E-state index in [-0.39, 0.29) is 0 Å². The van der Waals surface area contributed by atoms with Gasteiger partial charge in [0.2, 0.25) is 0 Å². The van der Waals surface area contributed by atoms with Crippen molar-refractivity contribution in [1.29, 1.82) is 0 Å². The second-order valence-corrected chi connectivity index (χ2v) is 4.80. The SMILES string of the molecule is c1ccc2c(c1)ccn2COn1ccc2ccccc21. The highest BCUT2D eigenvalue weighted by Crippen LogP contribution is 2.16. The van der Waals surface area contributed by atoms with Crippen LogP contribution in [0.3, 0.4) is 0 Å². The number of aromatic nitrogens is 2. The summed E-state index contributed by atoms with van der Waals surface area (Å²) >= 11 is 0. The van der Waals surface area contributed by atoms with Gasteiger partial charge >= 0.3 is 0 Å². The third kappa shape index (κ3) is 1.75. The van der Waals surface area contributed by atoms with E-state index in [2.05, 4.69) is 47.2 Å². The predicted octanol–water partition coefficient (Wildman–Crippen LogP) is 3.68. The van der Waals surface area contributed by atoms with Gasteiger partial charge in [-0.2, -0.15) is 4.73 Å². The fourth-order valence-corrected chi connectivity index (χ4v) is 2.55. The number of para-hydroxylation sites is 2. The topological polar surface area (TPSA) is 19.1 Å². The average molecular weight is 262 g/mol. The van der Waals surface area contributed by atoms with E-state index in [4.69, 9.17) is 4.84 Å². The normalized spacial score (nSPS) is 11.2. The maximum absolute atomic E-state index is 5.89. The Hall–Kier alpha value is -2.68. The van der Waals surface area contributed by atoms with E-state index in [0.717, 1.165) is 5.52 Å². The maximum Gasteiger partial charge on any atom is 0.191 e. The fraction of sp³-hybridized carbons (Fsp3) is 0.0588. The molecule has 4 aromatic rings. The summed E-state index contributed by atoms with van der Waals surface area (Å²) in [5.74, 6) is 0. The molecule has 4 rings (SSSR count). The summed E-state index contributed by atoms with van der Waals surface area (Å²) < 4.78 is 3.92. The number of benzene rings is 2. The Morgan fingerprint density at radius 3 is 2.20 bits per heavy atom. The molecule has 0 spiro atoms. The van der Waals surface area contributed by atoms with Gasteiger partial charge in [0.1, 0.15) is 0 Å². The Morgan fingerprint density at radius 2 is 1.35 bits per heavy atom. The highest BCUT2D eigenvalue weighted by atomic mass is 16.7. The Morgan fingerprint density at radius 1 is 0.700 bits per heavy atom. The molecule has 0 unspecified atom stereocenters. The van der Waals surface area contributed by atoms with Gasteiger partial charge in [0.25, 0.3) is 0 Å². The van der Waals surface area contributed by atoms with E-state index >= 15 is 0 Å². The van der Waals surface area contributed by atoms with Crippen LogP contribution in [0.1, 0.15) is 0 Å². The van der Waals surface area contributed by atoms with Gasteiger partial charge in [0, 0.05) is 17.8 Å². The molecule has 3 heteroatoms. The van der Waals surface area contributed by atoms with Crippen molar-refractivity contribution < 1.29 is 4.84 Å². The lowest BCUT2D eigenvalue weighted by molar-refractivity contribution is 0.0696. The van der Waals surface area contributed by atoms with Crippen molar-refractivity contribution in [2.75, 3.05) is 0 Å². The largest absolute Gasteiger partial charge is 0.392 e. The van der Waals surface area contributed by atoms with E-state index in [0.29, 0.717) is 6.73 Å². The van der Waals surface area contributed by atoms with Crippen LogP contribution in [0, 0.1) is 0 Å². The average Bonchev–Trinajstić information content (AvgIpc) is 3.09. The van der Waals surface area contributed by atoms with Crippen LogP contribution in [0.4, 0.5) is 0 Å². The molecule has 0 bridgehead atoms. The molecule has 2 aromatic heterocycles. The summed E-state index contributed by atoms with van der Waals surface area (Å²) in [5.41, 5.74) is 2.27. The van der Waals surface area contributed by atoms with E-state index in [1.807, 2.05) is 35.2 Å². The molecule has 0 N–H and O–H groups in total. The zero-order valence-electron chi connectivity index (χ0n) is 10.9. The molecule has 0 atom stereocenters. The lowest BCUT2D eigenvalue weighted by Crippen LogP contribution is -2.14. The van der Waals surface area contributed by atoms with Crippen molar-refractivity contribution in [3.8, 4) is 0 Å². The molecule has 20 heavy (non-hydrogen) atoms. The molecule has 0 saturated carbocycles. The van der Waals surface area contributed by atoms with Gasteiger partial charge in [0.15, 0.2) is 6.73 Å². The standard InChI is InChI=1S/C17H14N2O/c1-3-7-16-14(5-1)9-11-18(16)13-20-19-12-10-15-6-2-4-8-17(15)19/h1-12H,13H2. The van der Waals surface area contributed by atoms with Crippen LogP contribution in [0.2, 0.25) is 0 Å². The molecule has 0 aliphatic heterocycles. The minimum atomic E-state index is 0.492. The monoisotopic (exact) mass is 262 g/mol. The third-order valence-corrected chi connectivity index (χ3v) is 3.58. The molecule has 3 nitrogen and oxygen atoms in total. The van der Waals surface area contributed by atoms with Crippen LogP contribution in [-0.4, -0.2) is 9.30 Å². The Balaban J connectivity index is 1.64. The zero-order chi connectivity index (χ0) is 13.4. The zero-order valence-corrected chi connectivity index (χ0v) is 10.9. The Labute approximate surface area is 116 Å². The van der Waals surface area contributed by atoms with Gasteiger partial charge in [0.05, 0.1) is 11.0 Å². The number of fused-ring (bicyclic) bond motifs is 2. The smallest absolute Gasteiger partial charge is 0.191 e. The molecule has 0 fully saturated rings. The first kappa shape index (κ1) is 11.2. The summed E-state index contributed by atoms with van der Waals surface area (Å²) in [7, 11) is 0. The van der Waals surface area contributed by atoms with Crippen LogP contribution < -0.4 is 4.84 Å². The molecular weight excluding hydrogens is 248 g/mol. The molecular formula is C17H14N2O. The van der Waals surface area contributed by atoms with Crippen molar-refractivity contribution in [3.05, 3.63) is 73.1 Å². The molecule has 0 amide bonds. The predicted molar refractivity (Wildman–Crippen MR) is 80.5 cm³/mol. The van der Waals surface area contributed by atoms with Gasteiger partial charge in [-0.1, -0.05) is 36.4 Å². The third-order valence-electron chi connectivity index (χ3n) is 3.58. The molecule has 0 aliphatic rings. The van der Waals surface area contributed by atoms with Crippen molar-refractivity contribution in [3.63, 3.8) is 0 Å². The number of hydrogen-bond acceptors (Lipinski definition) is 1. The van der Waals surface area contributed by atoms with Crippen LogP contribution >= 0.6 is 0 Å². The number of rotatable bonds is 3. The minimum absolute atomic E-state index is 0.492. The first-order valence-electron chi connectivity index (χ1n) is 6.65. The van der Waals surface area contributed by atoms with E-state index in [9.17, 15) is 0 Å². The lowest BCUT2D eigenvalue weighted by Gasteiger charge is -2.10. The summed E-state index contributed by atoms with van der Waals surface area (Å²) in [6, 6.07) is 20.7. The molecule has 2 aromatic carbocycles. The molecule has 0 radical (unpaired) electrons. The van der Waals surface area contributed by atoms with Crippen molar-refractivity contribution in [1.82, 2.24) is 9.30 Å². The summed E-state index contributed by atoms with van der Waals surface area (Å²) in [5, 5.41) is 2.42. The van der Waals surface area contributed by atoms with Crippen molar-refractivity contribution >= 4 is 21.8 Å². The van der Waals surface area contributed by atoms with Crippen molar-refractivity contribution in [2.24, 2.45) is 0 Å². The summed E-state index contributed by atoms with van der Waals surface area (Å²) in [4.78, 5) is 5.89. The van der Waals surface area contributed by atoms with Crippen LogP contribution in [0.15, 0.2) is 73.1 Å². The van der Waals surface area contributed by atoms with Crippen molar-refractivity contribution in [2.45, 2.75) is 6.73 Å². The van der Waals surface area contributed by atoms with Gasteiger partial charge in [-0.05, 0) is 29.7 Å². The van der Waals surface area contributed by atoms with Gasteiger partial charge in [-0.3, -0.25) is 0 Å². The second-order valence-electron chi connectivity index (χ2n) is 4.80. The van der Waals surface area contributed by atoms with E-state index in [1.165, 1.54) is 16.3 Å². The second kappa shape index (κ2) is 4.46. The van der Waals surface area contributed by atoms with Crippen LogP contribution in [-0.2, 0) is 6.73 Å². The summed E-state index contributed by atoms with van der Waals surface area (Å²) in [6.07, 6.45) is 4.01. The molecule has 98 valence electrons. The van der Waals surface area contributed by atoms with E-state index < -0.39 is 0 Å². The quantitative estimate of drug-likeness (QED) is 0.551. The van der Waals surface area contributed by atoms with Crippen LogP contribution in [0.25, 0.3) is 21.8 Å². The van der Waals surface area contributed by atoms with Gasteiger partial charge < -0.3 is 9.40 Å². The number of hydrogen-bond donors (Lipinski definition) is 0. The highest BCUT2D eigenvalue weighted by molar-refractivity contribution is 5.80. The molecule has 0 saturated heterocycles. The highest BCUT2D eigenvalue weighted by Gasteiger charge is 2.02. The first-order chi connectivity index (χ1) is 9.92. The molecule has 0 aliphatic carbocycles. The fourth-order valence-electron chi connectivity index (χ4n) is 2.55. The number of nitrogens with zero attached hydrogens (tertiary/aromatic N) is 2. The Kier molecular flexibility index (Phi) is 2.49. The Bertz CT molecular complexity index is 799. The van der Waals surface area contributed by atoms with Gasteiger partial charge in [-0.25, -0.2) is 0 Å².